The van der Waals surface area contributed by atoms with Crippen molar-refractivity contribution in [1.82, 2.24) is 14.7 Å². The minimum atomic E-state index is -3.11. The van der Waals surface area contributed by atoms with Crippen molar-refractivity contribution < 1.29 is 22.7 Å². The fourth-order valence-corrected chi connectivity index (χ4v) is 5.58. The van der Waals surface area contributed by atoms with Crippen molar-refractivity contribution in [2.24, 2.45) is 0 Å². The van der Waals surface area contributed by atoms with Gasteiger partial charge in [-0.3, -0.25) is 9.48 Å². The van der Waals surface area contributed by atoms with Gasteiger partial charge in [0.2, 0.25) is 0 Å². The molecule has 30 heavy (non-hydrogen) atoms. The Morgan fingerprint density at radius 3 is 2.53 bits per heavy atom. The van der Waals surface area contributed by atoms with Gasteiger partial charge in [0, 0.05) is 12.6 Å². The quantitative estimate of drug-likeness (QED) is 0.617. The highest BCUT2D eigenvalue weighted by atomic mass is 32.2. The Morgan fingerprint density at radius 1 is 1.23 bits per heavy atom. The number of nitrogens with zero attached hydrogens (tertiary/aromatic N) is 3. The van der Waals surface area contributed by atoms with Crippen molar-refractivity contribution in [2.45, 2.75) is 39.8 Å². The zero-order chi connectivity index (χ0) is 21.9. The van der Waals surface area contributed by atoms with Gasteiger partial charge in [0.15, 0.2) is 16.4 Å². The Balaban J connectivity index is 1.65. The first-order valence-corrected chi connectivity index (χ1v) is 11.8. The molecule has 8 nitrogen and oxygen atoms in total. The highest BCUT2D eigenvalue weighted by molar-refractivity contribution is 7.91. The summed E-state index contributed by atoms with van der Waals surface area (Å²) in [4.78, 5) is 26.7. The molecule has 1 saturated heterocycles. The van der Waals surface area contributed by atoms with Crippen molar-refractivity contribution in [1.29, 1.82) is 0 Å². The number of benzene rings is 1. The average molecular weight is 434 g/mol. The van der Waals surface area contributed by atoms with Gasteiger partial charge in [-0.2, -0.15) is 5.10 Å². The van der Waals surface area contributed by atoms with E-state index in [0.717, 1.165) is 5.56 Å². The lowest BCUT2D eigenvalue weighted by Gasteiger charge is -2.26. The third-order valence-corrected chi connectivity index (χ3v) is 7.15. The predicted octanol–water partition coefficient (Wildman–Crippen LogP) is 1.74. The number of rotatable bonds is 7. The van der Waals surface area contributed by atoms with Crippen LogP contribution in [-0.4, -0.2) is 65.7 Å². The molecule has 0 saturated carbocycles. The lowest BCUT2D eigenvalue weighted by atomic mass is 10.2. The molecule has 0 N–H and O–H groups in total. The van der Waals surface area contributed by atoms with Gasteiger partial charge in [-0.05, 0) is 32.8 Å². The Hall–Kier alpha value is -2.68. The minimum Gasteiger partial charge on any atom is -0.452 e. The molecule has 3 rings (SSSR count). The maximum absolute atomic E-state index is 12.6. The number of likely N-dealkylation sites (N-methyl/N-ethyl adjacent to an activating group) is 1. The Kier molecular flexibility index (Phi) is 6.60. The molecule has 1 aliphatic heterocycles. The van der Waals surface area contributed by atoms with E-state index in [1.165, 1.54) is 4.90 Å². The van der Waals surface area contributed by atoms with Crippen molar-refractivity contribution in [3.63, 3.8) is 0 Å². The molecule has 0 radical (unpaired) electrons. The summed E-state index contributed by atoms with van der Waals surface area (Å²) in [6, 6.07) is 9.42. The number of carbonyl (C=O) groups is 2. The first-order chi connectivity index (χ1) is 14.2. The molecular weight excluding hydrogens is 406 g/mol. The predicted molar refractivity (Wildman–Crippen MR) is 112 cm³/mol. The van der Waals surface area contributed by atoms with Gasteiger partial charge < -0.3 is 9.64 Å². The number of hydrogen-bond acceptors (Lipinski definition) is 6. The van der Waals surface area contributed by atoms with Crippen molar-refractivity contribution in [3.05, 3.63) is 52.8 Å². The van der Waals surface area contributed by atoms with Gasteiger partial charge in [-0.15, -0.1) is 0 Å². The van der Waals surface area contributed by atoms with Crippen molar-refractivity contribution in [3.8, 4) is 0 Å². The van der Waals surface area contributed by atoms with E-state index >= 15 is 0 Å². The highest BCUT2D eigenvalue weighted by Gasteiger charge is 2.34. The van der Waals surface area contributed by atoms with Crippen LogP contribution in [0.5, 0.6) is 0 Å². The second kappa shape index (κ2) is 8.99. The molecule has 0 aliphatic carbocycles. The maximum atomic E-state index is 12.6. The van der Waals surface area contributed by atoms with E-state index in [4.69, 9.17) is 4.74 Å². The third-order valence-electron chi connectivity index (χ3n) is 5.40. The number of sulfone groups is 1. The molecule has 2 aromatic rings. The fourth-order valence-electron chi connectivity index (χ4n) is 3.84. The first-order valence-electron chi connectivity index (χ1n) is 9.96. The van der Waals surface area contributed by atoms with Gasteiger partial charge >= 0.3 is 5.97 Å². The van der Waals surface area contributed by atoms with Crippen LogP contribution in [-0.2, 0) is 25.9 Å². The van der Waals surface area contributed by atoms with E-state index in [-0.39, 0.29) is 23.5 Å². The zero-order valence-electron chi connectivity index (χ0n) is 17.5. The summed E-state index contributed by atoms with van der Waals surface area (Å²) in [6.07, 6.45) is 0.417. The average Bonchev–Trinajstić information content (AvgIpc) is 3.19. The molecule has 1 aliphatic rings. The summed E-state index contributed by atoms with van der Waals surface area (Å²) >= 11 is 0. The SMILES string of the molecule is CCN(C(=O)COC(=O)c1c(C)nn(Cc2ccccc2)c1C)C1CCS(=O)(=O)C1. The molecule has 0 spiro atoms. The Morgan fingerprint density at radius 2 is 1.93 bits per heavy atom. The van der Waals surface area contributed by atoms with Crippen LogP contribution in [0.4, 0.5) is 0 Å². The monoisotopic (exact) mass is 433 g/mol. The molecule has 0 bridgehead atoms. The number of carbonyl (C=O) groups excluding carboxylic acids is 2. The van der Waals surface area contributed by atoms with Crippen molar-refractivity contribution in [2.75, 3.05) is 24.7 Å². The second-order valence-corrected chi connectivity index (χ2v) is 9.73. The molecule has 1 aromatic heterocycles. The van der Waals surface area contributed by atoms with Gasteiger partial charge in [0.05, 0.1) is 29.4 Å². The number of aryl methyl sites for hydroxylation is 1. The molecule has 1 unspecified atom stereocenters. The molecule has 1 amide bonds. The van der Waals surface area contributed by atoms with Gasteiger partial charge in [0.25, 0.3) is 5.91 Å². The van der Waals surface area contributed by atoms with Crippen LogP contribution in [0, 0.1) is 13.8 Å². The zero-order valence-corrected chi connectivity index (χ0v) is 18.3. The highest BCUT2D eigenvalue weighted by Crippen LogP contribution is 2.19. The summed E-state index contributed by atoms with van der Waals surface area (Å²) in [5.74, 6) is -0.946. The Bertz CT molecular complexity index is 1030. The summed E-state index contributed by atoms with van der Waals surface area (Å²) in [5.41, 5.74) is 2.62. The molecule has 9 heteroatoms. The number of aromatic nitrogens is 2. The number of ether oxygens (including phenoxy) is 1. The van der Waals surface area contributed by atoms with Gasteiger partial charge in [-0.25, -0.2) is 13.2 Å². The fraction of sp³-hybridized carbons (Fsp3) is 0.476. The van der Waals surface area contributed by atoms with Crippen LogP contribution in [0.15, 0.2) is 30.3 Å². The van der Waals surface area contributed by atoms with Crippen molar-refractivity contribution >= 4 is 21.7 Å². The topological polar surface area (TPSA) is 98.6 Å². The lowest BCUT2D eigenvalue weighted by molar-refractivity contribution is -0.136. The van der Waals surface area contributed by atoms with Crippen LogP contribution < -0.4 is 0 Å². The molecule has 1 atom stereocenters. The summed E-state index contributed by atoms with van der Waals surface area (Å²) in [7, 11) is -3.11. The maximum Gasteiger partial charge on any atom is 0.342 e. The van der Waals surface area contributed by atoms with E-state index in [0.29, 0.717) is 36.5 Å². The largest absolute Gasteiger partial charge is 0.452 e. The smallest absolute Gasteiger partial charge is 0.342 e. The van der Waals surface area contributed by atoms with Crippen LogP contribution in [0.2, 0.25) is 0 Å². The van der Waals surface area contributed by atoms with Crippen LogP contribution in [0.3, 0.4) is 0 Å². The Labute approximate surface area is 176 Å². The third kappa shape index (κ3) is 4.89. The van der Waals surface area contributed by atoms with E-state index in [2.05, 4.69) is 5.10 Å². The molecule has 2 heterocycles. The van der Waals surface area contributed by atoms with Crippen LogP contribution in [0.25, 0.3) is 0 Å². The van der Waals surface area contributed by atoms with Crippen LogP contribution in [0.1, 0.15) is 40.7 Å². The van der Waals surface area contributed by atoms with Gasteiger partial charge in [0.1, 0.15) is 5.56 Å². The standard InChI is InChI=1S/C21H27N3O5S/c1-4-23(18-10-11-30(27,28)14-18)19(25)13-29-21(26)20-15(2)22-24(16(20)3)12-17-8-6-5-7-9-17/h5-9,18H,4,10-14H2,1-3H3. The number of hydrogen-bond donors (Lipinski definition) is 0. The number of esters is 1. The summed E-state index contributed by atoms with van der Waals surface area (Å²) in [5, 5.41) is 4.44. The number of amides is 1. The van der Waals surface area contributed by atoms with E-state index < -0.39 is 22.4 Å². The first kappa shape index (κ1) is 22.0. The van der Waals surface area contributed by atoms with E-state index in [1.807, 2.05) is 30.3 Å². The van der Waals surface area contributed by atoms with Gasteiger partial charge in [-0.1, -0.05) is 30.3 Å². The molecule has 1 fully saturated rings. The molecule has 1 aromatic carbocycles. The lowest BCUT2D eigenvalue weighted by Crippen LogP contribution is -2.43. The van der Waals surface area contributed by atoms with Crippen LogP contribution >= 0.6 is 0 Å². The molecular formula is C21H27N3O5S. The molecule has 162 valence electrons. The minimum absolute atomic E-state index is 0.0367. The normalized spacial score (nSPS) is 17.6. The summed E-state index contributed by atoms with van der Waals surface area (Å²) < 4.78 is 30.4. The second-order valence-electron chi connectivity index (χ2n) is 7.50. The summed E-state index contributed by atoms with van der Waals surface area (Å²) in [6.45, 7) is 5.78. The van der Waals surface area contributed by atoms with E-state index in [9.17, 15) is 18.0 Å². The van der Waals surface area contributed by atoms with E-state index in [1.54, 1.807) is 25.5 Å².